The van der Waals surface area contributed by atoms with Crippen molar-refractivity contribution in [3.8, 4) is 0 Å². The van der Waals surface area contributed by atoms with E-state index in [-0.39, 0.29) is 23.8 Å². The molecular formula is C23H27N3O2. The molecule has 1 aliphatic heterocycles. The predicted octanol–water partition coefficient (Wildman–Crippen LogP) is 3.47. The zero-order valence-corrected chi connectivity index (χ0v) is 16.4. The standard InChI is InChI=1S/C23H27N3O2/c1-25(21-10-4-7-17-6-2-3-9-20(17)21)22(27)18-11-14-26(15-12-18)23(28)19-8-5-13-24-16-19/h2-3,5-6,8-9,13,16,18,21H,4,7,10-12,14-15H2,1H3. The van der Waals surface area contributed by atoms with Gasteiger partial charge in [0.2, 0.25) is 5.91 Å². The molecule has 0 N–H and O–H groups in total. The van der Waals surface area contributed by atoms with Crippen LogP contribution in [0.1, 0.15) is 53.2 Å². The monoisotopic (exact) mass is 377 g/mol. The molecule has 1 unspecified atom stereocenters. The van der Waals surface area contributed by atoms with Gasteiger partial charge in [0.25, 0.3) is 5.91 Å². The van der Waals surface area contributed by atoms with Gasteiger partial charge < -0.3 is 9.80 Å². The number of hydrogen-bond donors (Lipinski definition) is 0. The third-order valence-electron chi connectivity index (χ3n) is 6.19. The first-order valence-electron chi connectivity index (χ1n) is 10.2. The number of pyridine rings is 1. The van der Waals surface area contributed by atoms with E-state index in [2.05, 4.69) is 29.2 Å². The first kappa shape index (κ1) is 18.7. The van der Waals surface area contributed by atoms with Gasteiger partial charge in [0.1, 0.15) is 0 Å². The number of likely N-dealkylation sites (tertiary alicyclic amines) is 1. The fourth-order valence-corrected chi connectivity index (χ4v) is 4.57. The van der Waals surface area contributed by atoms with Gasteiger partial charge >= 0.3 is 0 Å². The van der Waals surface area contributed by atoms with E-state index in [9.17, 15) is 9.59 Å². The van der Waals surface area contributed by atoms with Crippen LogP contribution >= 0.6 is 0 Å². The van der Waals surface area contributed by atoms with Gasteiger partial charge in [-0.25, -0.2) is 0 Å². The summed E-state index contributed by atoms with van der Waals surface area (Å²) < 4.78 is 0. The lowest BCUT2D eigenvalue weighted by atomic mass is 9.86. The predicted molar refractivity (Wildman–Crippen MR) is 108 cm³/mol. The molecule has 0 spiro atoms. The average Bonchev–Trinajstić information content (AvgIpc) is 2.78. The minimum atomic E-state index is -0.00274. The van der Waals surface area contributed by atoms with Crippen LogP contribution < -0.4 is 0 Å². The maximum Gasteiger partial charge on any atom is 0.255 e. The molecule has 0 bridgehead atoms. The number of rotatable bonds is 3. The molecule has 0 saturated carbocycles. The van der Waals surface area contributed by atoms with Crippen molar-refractivity contribution in [3.05, 3.63) is 65.5 Å². The summed E-state index contributed by atoms with van der Waals surface area (Å²) in [5.74, 6) is 0.223. The number of fused-ring (bicyclic) bond motifs is 1. The Bertz CT molecular complexity index is 844. The van der Waals surface area contributed by atoms with Crippen molar-refractivity contribution < 1.29 is 9.59 Å². The van der Waals surface area contributed by atoms with Crippen LogP contribution in [0.5, 0.6) is 0 Å². The van der Waals surface area contributed by atoms with Gasteiger partial charge in [-0.15, -0.1) is 0 Å². The number of piperidine rings is 1. The maximum absolute atomic E-state index is 13.2. The maximum atomic E-state index is 13.2. The molecule has 1 aliphatic carbocycles. The second kappa shape index (κ2) is 8.13. The minimum Gasteiger partial charge on any atom is -0.339 e. The molecule has 2 aliphatic rings. The molecule has 1 aromatic heterocycles. The third kappa shape index (κ3) is 3.66. The van der Waals surface area contributed by atoms with Gasteiger partial charge in [-0.2, -0.15) is 0 Å². The van der Waals surface area contributed by atoms with Crippen LogP contribution in [0.2, 0.25) is 0 Å². The van der Waals surface area contributed by atoms with E-state index in [1.165, 1.54) is 11.1 Å². The van der Waals surface area contributed by atoms with Gasteiger partial charge in [-0.1, -0.05) is 24.3 Å². The van der Waals surface area contributed by atoms with E-state index in [0.717, 1.165) is 32.1 Å². The summed E-state index contributed by atoms with van der Waals surface area (Å²) in [5, 5.41) is 0. The highest BCUT2D eigenvalue weighted by Crippen LogP contribution is 2.35. The van der Waals surface area contributed by atoms with Gasteiger partial charge in [0.05, 0.1) is 11.6 Å². The van der Waals surface area contributed by atoms with Crippen molar-refractivity contribution in [2.24, 2.45) is 5.92 Å². The van der Waals surface area contributed by atoms with Gasteiger partial charge in [0, 0.05) is 38.4 Å². The van der Waals surface area contributed by atoms with Crippen molar-refractivity contribution in [2.45, 2.75) is 38.1 Å². The Morgan fingerprint density at radius 2 is 1.86 bits per heavy atom. The van der Waals surface area contributed by atoms with Crippen LogP contribution in [0.3, 0.4) is 0 Å². The Morgan fingerprint density at radius 3 is 2.61 bits per heavy atom. The lowest BCUT2D eigenvalue weighted by Gasteiger charge is -2.38. The zero-order chi connectivity index (χ0) is 19.5. The first-order chi connectivity index (χ1) is 13.6. The highest BCUT2D eigenvalue weighted by Gasteiger charge is 2.33. The number of aryl methyl sites for hydroxylation is 1. The largest absolute Gasteiger partial charge is 0.339 e. The van der Waals surface area contributed by atoms with Crippen LogP contribution in [-0.2, 0) is 11.2 Å². The Morgan fingerprint density at radius 1 is 1.07 bits per heavy atom. The molecule has 2 amide bonds. The van der Waals surface area contributed by atoms with E-state index in [0.29, 0.717) is 18.7 Å². The molecule has 4 rings (SSSR count). The zero-order valence-electron chi connectivity index (χ0n) is 16.4. The first-order valence-corrected chi connectivity index (χ1v) is 10.2. The highest BCUT2D eigenvalue weighted by atomic mass is 16.2. The number of carbonyl (C=O) groups is 2. The SMILES string of the molecule is CN(C(=O)C1CCN(C(=O)c2cccnc2)CC1)C1CCCc2ccccc21. The molecule has 1 aromatic carbocycles. The van der Waals surface area contributed by atoms with Crippen molar-refractivity contribution in [3.63, 3.8) is 0 Å². The van der Waals surface area contributed by atoms with Crippen LogP contribution in [0.4, 0.5) is 0 Å². The molecule has 5 nitrogen and oxygen atoms in total. The van der Waals surface area contributed by atoms with Crippen molar-refractivity contribution >= 4 is 11.8 Å². The number of hydrogen-bond acceptors (Lipinski definition) is 3. The van der Waals surface area contributed by atoms with Crippen molar-refractivity contribution in [2.75, 3.05) is 20.1 Å². The summed E-state index contributed by atoms with van der Waals surface area (Å²) in [6.45, 7) is 1.25. The normalized spacial score (nSPS) is 19.8. The van der Waals surface area contributed by atoms with Crippen LogP contribution in [-0.4, -0.2) is 46.7 Å². The van der Waals surface area contributed by atoms with Crippen LogP contribution in [0.15, 0.2) is 48.8 Å². The fourth-order valence-electron chi connectivity index (χ4n) is 4.57. The van der Waals surface area contributed by atoms with Crippen LogP contribution in [0.25, 0.3) is 0 Å². The highest BCUT2D eigenvalue weighted by molar-refractivity contribution is 5.94. The Balaban J connectivity index is 1.39. The van der Waals surface area contributed by atoms with E-state index in [4.69, 9.17) is 0 Å². The van der Waals surface area contributed by atoms with Crippen molar-refractivity contribution in [1.29, 1.82) is 0 Å². The summed E-state index contributed by atoms with van der Waals surface area (Å²) in [7, 11) is 1.95. The third-order valence-corrected chi connectivity index (χ3v) is 6.19. The number of aromatic nitrogens is 1. The number of benzene rings is 1. The van der Waals surface area contributed by atoms with Gasteiger partial charge in [-0.3, -0.25) is 14.6 Å². The molecule has 5 heteroatoms. The second-order valence-electron chi connectivity index (χ2n) is 7.86. The lowest BCUT2D eigenvalue weighted by molar-refractivity contribution is -0.138. The van der Waals surface area contributed by atoms with E-state index in [1.807, 2.05) is 16.8 Å². The summed E-state index contributed by atoms with van der Waals surface area (Å²) in [6, 6.07) is 12.2. The second-order valence-corrected chi connectivity index (χ2v) is 7.86. The van der Waals surface area contributed by atoms with Gasteiger partial charge in [0.15, 0.2) is 0 Å². The summed E-state index contributed by atoms with van der Waals surface area (Å²) in [5.41, 5.74) is 3.28. The molecule has 1 atom stereocenters. The number of amides is 2. The Kier molecular flexibility index (Phi) is 5.42. The van der Waals surface area contributed by atoms with Crippen LogP contribution in [0, 0.1) is 5.92 Å². The molecule has 28 heavy (non-hydrogen) atoms. The van der Waals surface area contributed by atoms with E-state index >= 15 is 0 Å². The number of carbonyl (C=O) groups excluding carboxylic acids is 2. The summed E-state index contributed by atoms with van der Waals surface area (Å²) >= 11 is 0. The molecule has 2 aromatic rings. The molecule has 0 radical (unpaired) electrons. The lowest BCUT2D eigenvalue weighted by Crippen LogP contribution is -2.44. The van der Waals surface area contributed by atoms with Crippen molar-refractivity contribution in [1.82, 2.24) is 14.8 Å². The molecule has 2 heterocycles. The van der Waals surface area contributed by atoms with Gasteiger partial charge in [-0.05, 0) is 55.4 Å². The Hall–Kier alpha value is -2.69. The van der Waals surface area contributed by atoms with E-state index in [1.54, 1.807) is 24.5 Å². The molecule has 146 valence electrons. The quantitative estimate of drug-likeness (QED) is 0.823. The number of nitrogens with zero attached hydrogens (tertiary/aromatic N) is 3. The average molecular weight is 377 g/mol. The van der Waals surface area contributed by atoms with E-state index < -0.39 is 0 Å². The minimum absolute atomic E-state index is 0.00274. The molecule has 1 saturated heterocycles. The summed E-state index contributed by atoms with van der Waals surface area (Å²) in [6.07, 6.45) is 7.97. The topological polar surface area (TPSA) is 53.5 Å². The molecular weight excluding hydrogens is 350 g/mol. The fraction of sp³-hybridized carbons (Fsp3) is 0.435. The molecule has 1 fully saturated rings. The summed E-state index contributed by atoms with van der Waals surface area (Å²) in [4.78, 5) is 33.6. The Labute approximate surface area is 166 Å². The smallest absolute Gasteiger partial charge is 0.255 e.